The maximum Gasteiger partial charge on any atom is 0.0409 e. The van der Waals surface area contributed by atoms with Gasteiger partial charge in [0.15, 0.2) is 0 Å². The highest BCUT2D eigenvalue weighted by molar-refractivity contribution is 9.10. The SMILES string of the molecule is C#Cc1ccc(Cl)cc1C1CCCCC1.CCCCCCc1ccc(Br)cc1.CCCCCCc1ccc(C#Cc2ccc(Cl)cc2C2CCCCC2)cc1. The van der Waals surface area contributed by atoms with Gasteiger partial charge in [-0.1, -0.05) is 172 Å². The van der Waals surface area contributed by atoms with E-state index >= 15 is 0 Å². The lowest BCUT2D eigenvalue weighted by Gasteiger charge is -2.23. The Morgan fingerprint density at radius 3 is 1.47 bits per heavy atom. The van der Waals surface area contributed by atoms with Crippen molar-refractivity contribution >= 4 is 39.1 Å². The van der Waals surface area contributed by atoms with Gasteiger partial charge in [0.25, 0.3) is 0 Å². The molecule has 2 aliphatic rings. The maximum atomic E-state index is 6.28. The van der Waals surface area contributed by atoms with Gasteiger partial charge in [-0.25, -0.2) is 0 Å². The molecule has 0 radical (unpaired) electrons. The van der Waals surface area contributed by atoms with Crippen molar-refractivity contribution in [2.75, 3.05) is 0 Å². The largest absolute Gasteiger partial charge is 0.115 e. The van der Waals surface area contributed by atoms with E-state index in [1.807, 2.05) is 24.3 Å². The molecule has 0 bridgehead atoms. The van der Waals surface area contributed by atoms with Crippen LogP contribution in [-0.4, -0.2) is 0 Å². The van der Waals surface area contributed by atoms with Crippen molar-refractivity contribution in [2.45, 2.75) is 154 Å². The van der Waals surface area contributed by atoms with E-state index in [-0.39, 0.29) is 0 Å². The Morgan fingerprint density at radius 2 is 1.00 bits per heavy atom. The van der Waals surface area contributed by atoms with Gasteiger partial charge in [-0.15, -0.1) is 6.42 Å². The molecule has 0 N–H and O–H groups in total. The number of aryl methyl sites for hydroxylation is 2. The van der Waals surface area contributed by atoms with Gasteiger partial charge < -0.3 is 0 Å². The predicted molar refractivity (Wildman–Crippen MR) is 245 cm³/mol. The van der Waals surface area contributed by atoms with Crippen LogP contribution in [0.15, 0.2) is 89.4 Å². The molecule has 0 amide bonds. The van der Waals surface area contributed by atoms with Gasteiger partial charge in [-0.3, -0.25) is 0 Å². The second kappa shape index (κ2) is 26.1. The first-order valence-corrected chi connectivity index (χ1v) is 22.9. The van der Waals surface area contributed by atoms with Crippen molar-refractivity contribution in [1.29, 1.82) is 0 Å². The number of rotatable bonds is 12. The Kier molecular flexibility index (Phi) is 21.2. The van der Waals surface area contributed by atoms with E-state index < -0.39 is 0 Å². The number of halogens is 3. The molecule has 2 saturated carbocycles. The molecule has 0 aliphatic heterocycles. The molecule has 0 unspecified atom stereocenters. The molecule has 0 nitrogen and oxygen atoms in total. The third-order valence-electron chi connectivity index (χ3n) is 11.1. The van der Waals surface area contributed by atoms with Gasteiger partial charge in [0.1, 0.15) is 0 Å². The van der Waals surface area contributed by atoms with Crippen LogP contribution in [0.3, 0.4) is 0 Å². The van der Waals surface area contributed by atoms with Gasteiger partial charge >= 0.3 is 0 Å². The summed E-state index contributed by atoms with van der Waals surface area (Å²) in [5, 5.41) is 1.63. The molecular weight excluding hydrogens is 775 g/mol. The van der Waals surface area contributed by atoms with Crippen molar-refractivity contribution in [1.82, 2.24) is 0 Å². The molecule has 4 aromatic carbocycles. The van der Waals surface area contributed by atoms with E-state index in [1.165, 1.54) is 155 Å². The zero-order valence-corrected chi connectivity index (χ0v) is 36.7. The normalized spacial score (nSPS) is 14.3. The van der Waals surface area contributed by atoms with Crippen LogP contribution in [0.2, 0.25) is 10.0 Å². The minimum atomic E-state index is 0.618. The molecular formula is C52H63BrCl2. The summed E-state index contributed by atoms with van der Waals surface area (Å²) >= 11 is 15.7. The number of terminal acetylenes is 1. The molecule has 292 valence electrons. The zero-order valence-electron chi connectivity index (χ0n) is 33.6. The molecule has 0 aromatic heterocycles. The first-order chi connectivity index (χ1) is 26.9. The van der Waals surface area contributed by atoms with Crippen molar-refractivity contribution in [3.05, 3.63) is 138 Å². The molecule has 0 heterocycles. The second-order valence-electron chi connectivity index (χ2n) is 15.5. The standard InChI is InChI=1S/C26H31Cl.C14H15Cl.C12H17Br/c1-2-3-4-6-9-21-12-14-22(15-13-21)16-17-24-18-19-25(27)20-26(24)23-10-7-5-8-11-23;1-2-11-8-9-13(15)10-14(11)12-6-4-3-5-7-12;1-2-3-4-5-6-11-7-9-12(13)10-8-11/h12-15,18-20,23H,2-11H2,1H3;1,8-10,12H,3-7H2;7-10H,2-6H2,1H3. The lowest BCUT2D eigenvalue weighted by atomic mass is 9.82. The summed E-state index contributed by atoms with van der Waals surface area (Å²) in [6.45, 7) is 4.51. The Bertz CT molecular complexity index is 1770. The van der Waals surface area contributed by atoms with Crippen LogP contribution in [-0.2, 0) is 12.8 Å². The zero-order chi connectivity index (χ0) is 39.1. The van der Waals surface area contributed by atoms with Crippen LogP contribution in [0.4, 0.5) is 0 Å². The number of hydrogen-bond donors (Lipinski definition) is 0. The average Bonchev–Trinajstić information content (AvgIpc) is 3.23. The van der Waals surface area contributed by atoms with E-state index in [1.54, 1.807) is 0 Å². The van der Waals surface area contributed by atoms with E-state index in [0.29, 0.717) is 11.8 Å². The molecule has 6 rings (SSSR count). The predicted octanol–water partition coefficient (Wildman–Crippen LogP) is 16.9. The van der Waals surface area contributed by atoms with Crippen LogP contribution in [0, 0.1) is 24.2 Å². The highest BCUT2D eigenvalue weighted by Gasteiger charge is 2.19. The molecule has 55 heavy (non-hydrogen) atoms. The van der Waals surface area contributed by atoms with Crippen molar-refractivity contribution in [2.24, 2.45) is 0 Å². The quantitative estimate of drug-likeness (QED) is 0.0985. The summed E-state index contributed by atoms with van der Waals surface area (Å²) in [7, 11) is 0. The lowest BCUT2D eigenvalue weighted by molar-refractivity contribution is 0.443. The van der Waals surface area contributed by atoms with Crippen LogP contribution in [0.1, 0.15) is 180 Å². The molecule has 2 aliphatic carbocycles. The van der Waals surface area contributed by atoms with Crippen LogP contribution < -0.4 is 0 Å². The lowest BCUT2D eigenvalue weighted by Crippen LogP contribution is -2.06. The van der Waals surface area contributed by atoms with Crippen molar-refractivity contribution in [3.8, 4) is 24.2 Å². The molecule has 0 saturated heterocycles. The number of hydrogen-bond acceptors (Lipinski definition) is 0. The Morgan fingerprint density at radius 1 is 0.545 bits per heavy atom. The number of unbranched alkanes of at least 4 members (excludes halogenated alkanes) is 6. The van der Waals surface area contributed by atoms with Crippen molar-refractivity contribution < 1.29 is 0 Å². The topological polar surface area (TPSA) is 0 Å². The fourth-order valence-corrected chi connectivity index (χ4v) is 8.50. The van der Waals surface area contributed by atoms with Crippen LogP contribution >= 0.6 is 39.1 Å². The van der Waals surface area contributed by atoms with E-state index in [2.05, 4.69) is 108 Å². The molecule has 0 spiro atoms. The fraction of sp³-hybridized carbons (Fsp3) is 0.462. The van der Waals surface area contributed by atoms with Gasteiger partial charge in [0, 0.05) is 31.2 Å². The third-order valence-corrected chi connectivity index (χ3v) is 12.1. The summed E-state index contributed by atoms with van der Waals surface area (Å²) in [6.07, 6.45) is 31.6. The minimum Gasteiger partial charge on any atom is -0.115 e. The van der Waals surface area contributed by atoms with Crippen LogP contribution in [0.25, 0.3) is 0 Å². The summed E-state index contributed by atoms with van der Waals surface area (Å²) in [5.41, 5.74) is 8.77. The first kappa shape index (κ1) is 44.8. The van der Waals surface area contributed by atoms with Gasteiger partial charge in [0.05, 0.1) is 0 Å². The molecule has 3 heteroatoms. The van der Waals surface area contributed by atoms with Crippen LogP contribution in [0.5, 0.6) is 0 Å². The Hall–Kier alpha value is -2.94. The van der Waals surface area contributed by atoms with Crippen molar-refractivity contribution in [3.63, 3.8) is 0 Å². The number of benzene rings is 4. The summed E-state index contributed by atoms with van der Waals surface area (Å²) in [5.74, 6) is 10.8. The highest BCUT2D eigenvalue weighted by atomic mass is 79.9. The maximum absolute atomic E-state index is 6.28. The monoisotopic (exact) mass is 836 g/mol. The fourth-order valence-electron chi connectivity index (χ4n) is 7.87. The minimum absolute atomic E-state index is 0.618. The Balaban J connectivity index is 0.000000202. The summed E-state index contributed by atoms with van der Waals surface area (Å²) in [6, 6.07) is 29.6. The second-order valence-corrected chi connectivity index (χ2v) is 17.3. The summed E-state index contributed by atoms with van der Waals surface area (Å²) < 4.78 is 1.17. The smallest absolute Gasteiger partial charge is 0.0409 e. The van der Waals surface area contributed by atoms with E-state index in [0.717, 1.165) is 26.7 Å². The van der Waals surface area contributed by atoms with E-state index in [4.69, 9.17) is 29.6 Å². The third kappa shape index (κ3) is 16.6. The average molecular weight is 839 g/mol. The first-order valence-electron chi connectivity index (χ1n) is 21.3. The molecule has 4 aromatic rings. The highest BCUT2D eigenvalue weighted by Crippen LogP contribution is 2.36. The molecule has 0 atom stereocenters. The van der Waals surface area contributed by atoms with Gasteiger partial charge in [-0.2, -0.15) is 0 Å². The summed E-state index contributed by atoms with van der Waals surface area (Å²) in [4.78, 5) is 0. The van der Waals surface area contributed by atoms with Gasteiger partial charge in [-0.05, 0) is 146 Å². The van der Waals surface area contributed by atoms with E-state index in [9.17, 15) is 0 Å². The molecule has 2 fully saturated rings. The van der Waals surface area contributed by atoms with Gasteiger partial charge in [0.2, 0.25) is 0 Å². The Labute approximate surface area is 353 Å².